The summed E-state index contributed by atoms with van der Waals surface area (Å²) in [5.74, 6) is 0.569. The van der Waals surface area contributed by atoms with Gasteiger partial charge in [0.05, 0.1) is 0 Å². The number of amides is 2. The Labute approximate surface area is 146 Å². The number of hydrogen-bond acceptors (Lipinski definition) is 5. The van der Waals surface area contributed by atoms with Crippen LogP contribution in [0.4, 0.5) is 0 Å². The number of aromatic nitrogens is 4. The normalized spacial score (nSPS) is 15.2. The molecule has 0 atom stereocenters. The molecule has 132 valence electrons. The fourth-order valence-electron chi connectivity index (χ4n) is 2.99. The molecule has 25 heavy (non-hydrogen) atoms. The average molecular weight is 342 g/mol. The Bertz CT molecular complexity index is 764. The molecule has 2 aromatic rings. The van der Waals surface area contributed by atoms with Crippen LogP contribution in [0.5, 0.6) is 0 Å². The van der Waals surface area contributed by atoms with Crippen LogP contribution in [0.1, 0.15) is 34.6 Å². The van der Waals surface area contributed by atoms with Crippen LogP contribution in [0.2, 0.25) is 0 Å². The van der Waals surface area contributed by atoms with Crippen LogP contribution in [0.15, 0.2) is 24.3 Å². The Balaban J connectivity index is 1.50. The van der Waals surface area contributed by atoms with Crippen LogP contribution >= 0.6 is 0 Å². The van der Waals surface area contributed by atoms with E-state index in [1.54, 1.807) is 11.8 Å². The van der Waals surface area contributed by atoms with Crippen molar-refractivity contribution in [2.75, 3.05) is 13.1 Å². The standard InChI is InChI=1S/C17H22N6O2/c1-12-5-3-4-6-15(12)17(25)18-14-7-9-22(10-8-14)16(24)11-23-13(2)19-20-21-23/h3-6,14H,7-11H2,1-2H3,(H,18,25). The van der Waals surface area contributed by atoms with Gasteiger partial charge in [0, 0.05) is 24.7 Å². The van der Waals surface area contributed by atoms with Crippen molar-refractivity contribution in [3.8, 4) is 0 Å². The first-order chi connectivity index (χ1) is 12.0. The summed E-state index contributed by atoms with van der Waals surface area (Å²) in [7, 11) is 0. The van der Waals surface area contributed by atoms with Gasteiger partial charge in [-0.3, -0.25) is 9.59 Å². The molecule has 0 bridgehead atoms. The maximum atomic E-state index is 12.4. The zero-order chi connectivity index (χ0) is 17.8. The van der Waals surface area contributed by atoms with E-state index in [0.717, 1.165) is 18.4 Å². The van der Waals surface area contributed by atoms with Gasteiger partial charge in [0.1, 0.15) is 12.4 Å². The molecule has 2 amide bonds. The van der Waals surface area contributed by atoms with Gasteiger partial charge < -0.3 is 10.2 Å². The molecule has 1 aliphatic heterocycles. The highest BCUT2D eigenvalue weighted by Crippen LogP contribution is 2.13. The van der Waals surface area contributed by atoms with E-state index in [0.29, 0.717) is 24.5 Å². The fourth-order valence-corrected chi connectivity index (χ4v) is 2.99. The molecule has 8 nitrogen and oxygen atoms in total. The lowest BCUT2D eigenvalue weighted by atomic mass is 10.0. The number of carbonyl (C=O) groups is 2. The Morgan fingerprint density at radius 3 is 2.56 bits per heavy atom. The number of nitrogens with zero attached hydrogens (tertiary/aromatic N) is 5. The SMILES string of the molecule is Cc1ccccc1C(=O)NC1CCN(C(=O)Cn2nnnc2C)CC1. The number of carbonyl (C=O) groups excluding carboxylic acids is 2. The number of benzene rings is 1. The van der Waals surface area contributed by atoms with E-state index in [1.165, 1.54) is 4.68 Å². The zero-order valence-corrected chi connectivity index (χ0v) is 14.5. The predicted octanol–water partition coefficient (Wildman–Crippen LogP) is 0.711. The quantitative estimate of drug-likeness (QED) is 0.883. The zero-order valence-electron chi connectivity index (χ0n) is 14.5. The second kappa shape index (κ2) is 7.42. The lowest BCUT2D eigenvalue weighted by Gasteiger charge is -2.32. The molecular weight excluding hydrogens is 320 g/mol. The summed E-state index contributed by atoms with van der Waals surface area (Å²) < 4.78 is 1.49. The summed E-state index contributed by atoms with van der Waals surface area (Å²) in [5.41, 5.74) is 1.67. The Morgan fingerprint density at radius 1 is 1.20 bits per heavy atom. The summed E-state index contributed by atoms with van der Waals surface area (Å²) in [6.07, 6.45) is 1.50. The molecule has 0 unspecified atom stereocenters. The summed E-state index contributed by atoms with van der Waals surface area (Å²) in [5, 5.41) is 14.2. The van der Waals surface area contributed by atoms with Gasteiger partial charge in [-0.25, -0.2) is 4.68 Å². The van der Waals surface area contributed by atoms with Crippen LogP contribution in [0.25, 0.3) is 0 Å². The summed E-state index contributed by atoms with van der Waals surface area (Å²) in [6.45, 7) is 5.09. The third-order valence-electron chi connectivity index (χ3n) is 4.57. The molecule has 1 aromatic carbocycles. The number of likely N-dealkylation sites (tertiary alicyclic amines) is 1. The molecule has 1 saturated heterocycles. The Hall–Kier alpha value is -2.77. The molecule has 8 heteroatoms. The summed E-state index contributed by atoms with van der Waals surface area (Å²) in [4.78, 5) is 26.5. The number of piperidine rings is 1. The average Bonchev–Trinajstić information content (AvgIpc) is 3.00. The van der Waals surface area contributed by atoms with Gasteiger partial charge in [-0.15, -0.1) is 5.10 Å². The van der Waals surface area contributed by atoms with Gasteiger partial charge in [0.2, 0.25) is 5.91 Å². The Kier molecular flexibility index (Phi) is 5.06. The van der Waals surface area contributed by atoms with Gasteiger partial charge in [-0.1, -0.05) is 18.2 Å². The Morgan fingerprint density at radius 2 is 1.92 bits per heavy atom. The predicted molar refractivity (Wildman–Crippen MR) is 90.8 cm³/mol. The van der Waals surface area contributed by atoms with Crippen molar-refractivity contribution in [2.24, 2.45) is 0 Å². The highest BCUT2D eigenvalue weighted by molar-refractivity contribution is 5.95. The van der Waals surface area contributed by atoms with Crippen molar-refractivity contribution in [3.63, 3.8) is 0 Å². The van der Waals surface area contributed by atoms with Crippen LogP contribution < -0.4 is 5.32 Å². The van der Waals surface area contributed by atoms with E-state index < -0.39 is 0 Å². The smallest absolute Gasteiger partial charge is 0.251 e. The molecule has 0 saturated carbocycles. The van der Waals surface area contributed by atoms with Crippen LogP contribution in [0, 0.1) is 13.8 Å². The van der Waals surface area contributed by atoms with E-state index in [9.17, 15) is 9.59 Å². The van der Waals surface area contributed by atoms with Gasteiger partial charge >= 0.3 is 0 Å². The molecule has 2 heterocycles. The third-order valence-corrected chi connectivity index (χ3v) is 4.57. The van der Waals surface area contributed by atoms with Crippen molar-refractivity contribution in [2.45, 2.75) is 39.3 Å². The van der Waals surface area contributed by atoms with Crippen molar-refractivity contribution < 1.29 is 9.59 Å². The van der Waals surface area contributed by atoms with Gasteiger partial charge in [-0.2, -0.15) is 0 Å². The number of nitrogens with one attached hydrogen (secondary N) is 1. The van der Waals surface area contributed by atoms with E-state index >= 15 is 0 Å². The van der Waals surface area contributed by atoms with Crippen molar-refractivity contribution in [3.05, 3.63) is 41.2 Å². The maximum absolute atomic E-state index is 12.4. The van der Waals surface area contributed by atoms with Gasteiger partial charge in [0.15, 0.2) is 0 Å². The highest BCUT2D eigenvalue weighted by Gasteiger charge is 2.25. The maximum Gasteiger partial charge on any atom is 0.251 e. The summed E-state index contributed by atoms with van der Waals surface area (Å²) >= 11 is 0. The second-order valence-electron chi connectivity index (χ2n) is 6.33. The largest absolute Gasteiger partial charge is 0.349 e. The van der Waals surface area contributed by atoms with E-state index in [1.807, 2.05) is 31.2 Å². The minimum absolute atomic E-state index is 0.000852. The lowest BCUT2D eigenvalue weighted by Crippen LogP contribution is -2.47. The topological polar surface area (TPSA) is 93.0 Å². The number of hydrogen-bond donors (Lipinski definition) is 1. The highest BCUT2D eigenvalue weighted by atomic mass is 16.2. The van der Waals surface area contributed by atoms with E-state index in [2.05, 4.69) is 20.8 Å². The van der Waals surface area contributed by atoms with Crippen LogP contribution in [-0.2, 0) is 11.3 Å². The number of rotatable bonds is 4. The van der Waals surface area contributed by atoms with Crippen LogP contribution in [0.3, 0.4) is 0 Å². The minimum atomic E-state index is -0.0489. The third kappa shape index (κ3) is 4.01. The lowest BCUT2D eigenvalue weighted by molar-refractivity contribution is -0.133. The van der Waals surface area contributed by atoms with E-state index in [4.69, 9.17) is 0 Å². The van der Waals surface area contributed by atoms with Crippen LogP contribution in [-0.4, -0.2) is 56.1 Å². The molecule has 0 radical (unpaired) electrons. The second-order valence-corrected chi connectivity index (χ2v) is 6.33. The monoisotopic (exact) mass is 342 g/mol. The van der Waals surface area contributed by atoms with Crippen molar-refractivity contribution >= 4 is 11.8 Å². The fraction of sp³-hybridized carbons (Fsp3) is 0.471. The molecule has 0 aliphatic carbocycles. The first-order valence-corrected chi connectivity index (χ1v) is 8.41. The van der Waals surface area contributed by atoms with Gasteiger partial charge in [0.25, 0.3) is 5.91 Å². The van der Waals surface area contributed by atoms with Gasteiger partial charge in [-0.05, 0) is 48.7 Å². The first-order valence-electron chi connectivity index (χ1n) is 8.41. The van der Waals surface area contributed by atoms with Crippen molar-refractivity contribution in [1.82, 2.24) is 30.4 Å². The minimum Gasteiger partial charge on any atom is -0.349 e. The van der Waals surface area contributed by atoms with E-state index in [-0.39, 0.29) is 24.4 Å². The molecule has 1 aliphatic rings. The first kappa shape index (κ1) is 17.1. The number of tetrazole rings is 1. The van der Waals surface area contributed by atoms with Crippen molar-refractivity contribution in [1.29, 1.82) is 0 Å². The molecular formula is C17H22N6O2. The molecule has 1 aromatic heterocycles. The molecule has 1 N–H and O–H groups in total. The molecule has 1 fully saturated rings. The molecule has 3 rings (SSSR count). The summed E-state index contributed by atoms with van der Waals surface area (Å²) in [6, 6.07) is 7.63. The number of aryl methyl sites for hydroxylation is 2. The molecule has 0 spiro atoms.